The van der Waals surface area contributed by atoms with Gasteiger partial charge in [-0.15, -0.1) is 0 Å². The Morgan fingerprint density at radius 2 is 1.68 bits per heavy atom. The summed E-state index contributed by atoms with van der Waals surface area (Å²) in [5.41, 5.74) is 1.42. The fraction of sp³-hybridized carbons (Fsp3) is 0.458. The van der Waals surface area contributed by atoms with Gasteiger partial charge in [-0.2, -0.15) is 0 Å². The molecular formula is C24H29F2NO4. The number of aliphatic hydroxyl groups is 1. The molecule has 1 saturated heterocycles. The number of likely N-dealkylation sites (tertiary alicyclic amines) is 1. The number of hydrogen-bond acceptors (Lipinski definition) is 5. The maximum atomic E-state index is 13.3. The lowest BCUT2D eigenvalue weighted by molar-refractivity contribution is -0.150. The second kappa shape index (κ2) is 11.3. The minimum absolute atomic E-state index is 0.0417. The molecule has 1 fully saturated rings. The fourth-order valence-corrected chi connectivity index (χ4v) is 3.89. The fourth-order valence-electron chi connectivity index (χ4n) is 3.89. The normalized spacial score (nSPS) is 18.2. The van der Waals surface area contributed by atoms with Crippen LogP contribution in [0.3, 0.4) is 0 Å². The highest BCUT2D eigenvalue weighted by atomic mass is 19.1. The van der Waals surface area contributed by atoms with Crippen molar-refractivity contribution in [2.24, 2.45) is 5.92 Å². The molecular weight excluding hydrogens is 404 g/mol. The third-order valence-electron chi connectivity index (χ3n) is 5.40. The smallest absolute Gasteiger partial charge is 0.310 e. The van der Waals surface area contributed by atoms with E-state index in [4.69, 9.17) is 9.47 Å². The standard InChI is InChI=1S/C24H29F2NO4/c1-2-30-24(29)19-4-3-13-27(14-19)15-22(28)16-31-23(17-5-9-20(25)10-6-17)18-7-11-21(26)12-8-18/h5-12,19,22-23,28H,2-4,13-16H2,1H3. The van der Waals surface area contributed by atoms with Crippen molar-refractivity contribution in [2.45, 2.75) is 32.0 Å². The average Bonchev–Trinajstić information content (AvgIpc) is 2.76. The van der Waals surface area contributed by atoms with Crippen molar-refractivity contribution in [2.75, 3.05) is 32.8 Å². The minimum atomic E-state index is -0.774. The van der Waals surface area contributed by atoms with Crippen molar-refractivity contribution in [3.63, 3.8) is 0 Å². The lowest BCUT2D eigenvalue weighted by atomic mass is 9.98. The highest BCUT2D eigenvalue weighted by molar-refractivity contribution is 5.72. The van der Waals surface area contributed by atoms with E-state index in [0.717, 1.165) is 19.4 Å². The molecule has 3 rings (SSSR count). The molecule has 0 radical (unpaired) electrons. The van der Waals surface area contributed by atoms with E-state index < -0.39 is 12.2 Å². The Morgan fingerprint density at radius 3 is 2.23 bits per heavy atom. The summed E-state index contributed by atoms with van der Waals surface area (Å²) in [6, 6.07) is 11.8. The molecule has 0 spiro atoms. The number of ether oxygens (including phenoxy) is 2. The highest BCUT2D eigenvalue weighted by Crippen LogP contribution is 2.27. The SMILES string of the molecule is CCOC(=O)C1CCCN(CC(O)COC(c2ccc(F)cc2)c2ccc(F)cc2)C1. The molecule has 2 aromatic rings. The van der Waals surface area contributed by atoms with Crippen LogP contribution < -0.4 is 0 Å². The minimum Gasteiger partial charge on any atom is -0.466 e. The maximum absolute atomic E-state index is 13.3. The number of aliphatic hydroxyl groups excluding tert-OH is 1. The monoisotopic (exact) mass is 433 g/mol. The average molecular weight is 433 g/mol. The molecule has 7 heteroatoms. The Bertz CT molecular complexity index is 783. The molecule has 1 N–H and O–H groups in total. The molecule has 2 atom stereocenters. The van der Waals surface area contributed by atoms with Crippen LogP contribution in [0.2, 0.25) is 0 Å². The second-order valence-electron chi connectivity index (χ2n) is 7.82. The van der Waals surface area contributed by atoms with Crippen LogP contribution in [-0.4, -0.2) is 54.9 Å². The van der Waals surface area contributed by atoms with E-state index in [1.54, 1.807) is 31.2 Å². The molecule has 0 aromatic heterocycles. The first-order valence-electron chi connectivity index (χ1n) is 10.7. The van der Waals surface area contributed by atoms with Gasteiger partial charge in [0.1, 0.15) is 17.7 Å². The molecule has 168 valence electrons. The van der Waals surface area contributed by atoms with Crippen molar-refractivity contribution < 1.29 is 28.2 Å². The Balaban J connectivity index is 1.61. The number of nitrogens with zero attached hydrogens (tertiary/aromatic N) is 1. The molecule has 31 heavy (non-hydrogen) atoms. The first-order chi connectivity index (χ1) is 15.0. The van der Waals surface area contributed by atoms with E-state index in [-0.39, 0.29) is 30.1 Å². The van der Waals surface area contributed by atoms with Gasteiger partial charge < -0.3 is 14.6 Å². The van der Waals surface area contributed by atoms with E-state index in [0.29, 0.717) is 30.8 Å². The van der Waals surface area contributed by atoms with Crippen LogP contribution in [-0.2, 0) is 14.3 Å². The quantitative estimate of drug-likeness (QED) is 0.611. The number of rotatable bonds is 9. The largest absolute Gasteiger partial charge is 0.466 e. The summed E-state index contributed by atoms with van der Waals surface area (Å²) in [5.74, 6) is -1.08. The zero-order valence-electron chi connectivity index (χ0n) is 17.7. The van der Waals surface area contributed by atoms with Crippen LogP contribution in [0.1, 0.15) is 37.0 Å². The van der Waals surface area contributed by atoms with Crippen LogP contribution in [0.4, 0.5) is 8.78 Å². The Hall–Kier alpha value is -2.35. The topological polar surface area (TPSA) is 59.0 Å². The van der Waals surface area contributed by atoms with Crippen LogP contribution >= 0.6 is 0 Å². The summed E-state index contributed by atoms with van der Waals surface area (Å²) in [4.78, 5) is 14.1. The summed E-state index contributed by atoms with van der Waals surface area (Å²) in [6.45, 7) is 3.91. The van der Waals surface area contributed by atoms with Crippen LogP contribution in [0, 0.1) is 17.6 Å². The van der Waals surface area contributed by atoms with E-state index in [2.05, 4.69) is 0 Å². The van der Waals surface area contributed by atoms with E-state index in [1.807, 2.05) is 4.90 Å². The number of carbonyl (C=O) groups excluding carboxylic acids is 1. The predicted octanol–water partition coefficient (Wildman–Crippen LogP) is 3.71. The van der Waals surface area contributed by atoms with Gasteiger partial charge in [0.15, 0.2) is 0 Å². The molecule has 0 saturated carbocycles. The molecule has 0 amide bonds. The van der Waals surface area contributed by atoms with E-state index in [9.17, 15) is 18.7 Å². The summed E-state index contributed by atoms with van der Waals surface area (Å²) < 4.78 is 37.8. The molecule has 0 aliphatic carbocycles. The summed E-state index contributed by atoms with van der Waals surface area (Å²) in [7, 11) is 0. The Labute approximate surface area is 181 Å². The van der Waals surface area contributed by atoms with E-state index >= 15 is 0 Å². The van der Waals surface area contributed by atoms with Crippen molar-refractivity contribution in [3.8, 4) is 0 Å². The predicted molar refractivity (Wildman–Crippen MR) is 112 cm³/mol. The van der Waals surface area contributed by atoms with Crippen LogP contribution in [0.15, 0.2) is 48.5 Å². The number of benzene rings is 2. The number of halogens is 2. The summed E-state index contributed by atoms with van der Waals surface area (Å²) >= 11 is 0. The molecule has 1 aliphatic rings. The number of β-amino-alcohol motifs (C(OH)–C–C–N with tert-alkyl or cyclic N) is 1. The molecule has 2 unspecified atom stereocenters. The zero-order chi connectivity index (χ0) is 22.2. The number of hydrogen-bond donors (Lipinski definition) is 1. The lowest BCUT2D eigenvalue weighted by Gasteiger charge is -2.33. The van der Waals surface area contributed by atoms with E-state index in [1.165, 1.54) is 24.3 Å². The highest BCUT2D eigenvalue weighted by Gasteiger charge is 2.28. The van der Waals surface area contributed by atoms with Gasteiger partial charge in [0, 0.05) is 13.1 Å². The second-order valence-corrected chi connectivity index (χ2v) is 7.82. The third kappa shape index (κ3) is 6.82. The van der Waals surface area contributed by atoms with Crippen molar-refractivity contribution in [1.82, 2.24) is 4.90 Å². The van der Waals surface area contributed by atoms with Crippen molar-refractivity contribution in [1.29, 1.82) is 0 Å². The number of carbonyl (C=O) groups is 1. The number of piperidine rings is 1. The van der Waals surface area contributed by atoms with Gasteiger partial charge in [0.2, 0.25) is 0 Å². The van der Waals surface area contributed by atoms with Gasteiger partial charge in [0.05, 0.1) is 25.2 Å². The zero-order valence-corrected chi connectivity index (χ0v) is 17.7. The van der Waals surface area contributed by atoms with Gasteiger partial charge >= 0.3 is 5.97 Å². The lowest BCUT2D eigenvalue weighted by Crippen LogP contribution is -2.43. The first kappa shape index (κ1) is 23.3. The molecule has 1 aliphatic heterocycles. The van der Waals surface area contributed by atoms with Gasteiger partial charge in [-0.25, -0.2) is 8.78 Å². The Morgan fingerprint density at radius 1 is 1.10 bits per heavy atom. The molecule has 0 bridgehead atoms. The van der Waals surface area contributed by atoms with Crippen molar-refractivity contribution >= 4 is 5.97 Å². The van der Waals surface area contributed by atoms with Crippen molar-refractivity contribution in [3.05, 3.63) is 71.3 Å². The van der Waals surface area contributed by atoms with Gasteiger partial charge in [0.25, 0.3) is 0 Å². The third-order valence-corrected chi connectivity index (χ3v) is 5.40. The molecule has 5 nitrogen and oxygen atoms in total. The van der Waals surface area contributed by atoms with Gasteiger partial charge in [-0.1, -0.05) is 24.3 Å². The van der Waals surface area contributed by atoms with Crippen LogP contribution in [0.25, 0.3) is 0 Å². The van der Waals surface area contributed by atoms with Crippen LogP contribution in [0.5, 0.6) is 0 Å². The van der Waals surface area contributed by atoms with Gasteiger partial charge in [-0.3, -0.25) is 9.69 Å². The Kier molecular flexibility index (Phi) is 8.51. The molecule has 2 aromatic carbocycles. The number of esters is 1. The summed E-state index contributed by atoms with van der Waals surface area (Å²) in [5, 5.41) is 10.6. The maximum Gasteiger partial charge on any atom is 0.310 e. The first-order valence-corrected chi connectivity index (χ1v) is 10.7. The molecule has 1 heterocycles. The summed E-state index contributed by atoms with van der Waals surface area (Å²) in [6.07, 6.45) is 0.318. The van der Waals surface area contributed by atoms with Gasteiger partial charge in [-0.05, 0) is 61.7 Å².